The van der Waals surface area contributed by atoms with Crippen molar-refractivity contribution in [3.63, 3.8) is 0 Å². The Morgan fingerprint density at radius 3 is 2.67 bits per heavy atom. The molecular weight excluding hydrogens is 246 g/mol. The number of benzene rings is 2. The topological polar surface area (TPSA) is 67.1 Å². The zero-order valence-electron chi connectivity index (χ0n) is 9.54. The largest absolute Gasteiger partial charge is 0.606 e. The van der Waals surface area contributed by atoms with Crippen LogP contribution in [0.25, 0.3) is 0 Å². The van der Waals surface area contributed by atoms with E-state index in [-0.39, 0.29) is 6.61 Å². The van der Waals surface area contributed by atoms with E-state index in [1.54, 1.807) is 48.5 Å². The van der Waals surface area contributed by atoms with Gasteiger partial charge in [0, 0.05) is 11.2 Å². The molecule has 2 aromatic rings. The Balaban J connectivity index is 2.41. The van der Waals surface area contributed by atoms with Crippen LogP contribution < -0.4 is 0 Å². The second-order valence-electron chi connectivity index (χ2n) is 3.68. The summed E-state index contributed by atoms with van der Waals surface area (Å²) < 4.78 is 12.4. The molecule has 0 radical (unpaired) electrons. The summed E-state index contributed by atoms with van der Waals surface area (Å²) in [5.74, 6) is 0. The Kier molecular flexibility index (Phi) is 4.00. The van der Waals surface area contributed by atoms with Crippen molar-refractivity contribution < 1.29 is 9.66 Å². The van der Waals surface area contributed by atoms with Crippen LogP contribution in [0, 0.1) is 11.3 Å². The highest BCUT2D eigenvalue weighted by molar-refractivity contribution is 7.91. The lowest BCUT2D eigenvalue weighted by atomic mass is 10.2. The Bertz CT molecular complexity index is 592. The van der Waals surface area contributed by atoms with Gasteiger partial charge < -0.3 is 9.66 Å². The van der Waals surface area contributed by atoms with Crippen LogP contribution in [0.15, 0.2) is 58.3 Å². The maximum atomic E-state index is 12.4. The minimum Gasteiger partial charge on any atom is -0.606 e. The number of nitriles is 1. The van der Waals surface area contributed by atoms with Gasteiger partial charge in [-0.1, -0.05) is 24.3 Å². The lowest BCUT2D eigenvalue weighted by molar-refractivity contribution is 0.281. The lowest BCUT2D eigenvalue weighted by Crippen LogP contribution is -2.05. The van der Waals surface area contributed by atoms with Crippen LogP contribution in [0.2, 0.25) is 0 Å². The van der Waals surface area contributed by atoms with E-state index >= 15 is 0 Å². The van der Waals surface area contributed by atoms with E-state index in [1.165, 1.54) is 0 Å². The van der Waals surface area contributed by atoms with Crippen molar-refractivity contribution in [2.45, 2.75) is 16.4 Å². The highest BCUT2D eigenvalue weighted by Crippen LogP contribution is 2.24. The summed E-state index contributed by atoms with van der Waals surface area (Å²) in [4.78, 5) is 1.08. The Hall–Kier alpha value is -1.80. The fourth-order valence-corrected chi connectivity index (χ4v) is 2.84. The number of hydrogen-bond acceptors (Lipinski definition) is 3. The molecule has 3 nitrogen and oxygen atoms in total. The van der Waals surface area contributed by atoms with Crippen molar-refractivity contribution in [2.24, 2.45) is 0 Å². The average molecular weight is 257 g/mol. The molecule has 0 aliphatic rings. The van der Waals surface area contributed by atoms with Crippen LogP contribution in [0.5, 0.6) is 0 Å². The van der Waals surface area contributed by atoms with Gasteiger partial charge >= 0.3 is 0 Å². The van der Waals surface area contributed by atoms with E-state index in [0.29, 0.717) is 20.9 Å². The molecule has 0 spiro atoms. The van der Waals surface area contributed by atoms with E-state index in [1.807, 2.05) is 6.07 Å². The molecule has 0 amide bonds. The van der Waals surface area contributed by atoms with Crippen molar-refractivity contribution >= 4 is 11.2 Å². The highest BCUT2D eigenvalue weighted by Gasteiger charge is 2.18. The zero-order valence-corrected chi connectivity index (χ0v) is 10.4. The van der Waals surface area contributed by atoms with Crippen LogP contribution in [0.4, 0.5) is 0 Å². The Morgan fingerprint density at radius 1 is 1.17 bits per heavy atom. The highest BCUT2D eigenvalue weighted by atomic mass is 32.2. The average Bonchev–Trinajstić information content (AvgIpc) is 2.46. The van der Waals surface area contributed by atoms with Gasteiger partial charge in [-0.05, 0) is 29.8 Å². The summed E-state index contributed by atoms with van der Waals surface area (Å²) in [5.41, 5.74) is 1.11. The molecular formula is C14H11NO2S. The fraction of sp³-hybridized carbons (Fsp3) is 0.0714. The van der Waals surface area contributed by atoms with Gasteiger partial charge in [-0.3, -0.25) is 0 Å². The van der Waals surface area contributed by atoms with Gasteiger partial charge in [-0.2, -0.15) is 5.26 Å². The maximum absolute atomic E-state index is 12.4. The first-order valence-electron chi connectivity index (χ1n) is 5.37. The van der Waals surface area contributed by atoms with Crippen molar-refractivity contribution in [3.8, 4) is 6.07 Å². The summed E-state index contributed by atoms with van der Waals surface area (Å²) in [6.45, 7) is -0.0923. The van der Waals surface area contributed by atoms with Crippen LogP contribution in [0.3, 0.4) is 0 Å². The lowest BCUT2D eigenvalue weighted by Gasteiger charge is -2.11. The van der Waals surface area contributed by atoms with Crippen molar-refractivity contribution in [1.82, 2.24) is 0 Å². The quantitative estimate of drug-likeness (QED) is 0.857. The molecule has 1 unspecified atom stereocenters. The van der Waals surface area contributed by atoms with Gasteiger partial charge in [-0.25, -0.2) is 0 Å². The molecule has 1 atom stereocenters. The molecule has 0 aromatic heterocycles. The van der Waals surface area contributed by atoms with Crippen LogP contribution in [-0.4, -0.2) is 9.66 Å². The van der Waals surface area contributed by atoms with Crippen molar-refractivity contribution in [3.05, 3.63) is 59.7 Å². The van der Waals surface area contributed by atoms with Gasteiger partial charge in [0.15, 0.2) is 9.79 Å². The molecule has 0 heterocycles. The van der Waals surface area contributed by atoms with Crippen LogP contribution >= 0.6 is 0 Å². The molecule has 0 fully saturated rings. The monoisotopic (exact) mass is 257 g/mol. The summed E-state index contributed by atoms with van der Waals surface area (Å²) in [5, 5.41) is 18.1. The summed E-state index contributed by atoms with van der Waals surface area (Å²) in [6.07, 6.45) is 0. The first kappa shape index (κ1) is 12.7. The van der Waals surface area contributed by atoms with E-state index in [2.05, 4.69) is 0 Å². The summed E-state index contributed by atoms with van der Waals surface area (Å²) >= 11 is -1.40. The normalized spacial score (nSPS) is 11.8. The molecule has 1 N–H and O–H groups in total. The van der Waals surface area contributed by atoms with E-state index < -0.39 is 11.2 Å². The first-order valence-corrected chi connectivity index (χ1v) is 6.52. The fourth-order valence-electron chi connectivity index (χ4n) is 1.61. The third kappa shape index (κ3) is 2.54. The van der Waals surface area contributed by atoms with Gasteiger partial charge in [0.2, 0.25) is 0 Å². The van der Waals surface area contributed by atoms with Crippen LogP contribution in [0.1, 0.15) is 11.1 Å². The Labute approximate surface area is 108 Å². The summed E-state index contributed by atoms with van der Waals surface area (Å²) in [7, 11) is 0. The number of hydrogen-bond donors (Lipinski definition) is 1. The van der Waals surface area contributed by atoms with E-state index in [4.69, 9.17) is 10.4 Å². The second-order valence-corrected chi connectivity index (χ2v) is 5.13. The molecule has 0 saturated heterocycles. The van der Waals surface area contributed by atoms with E-state index in [0.717, 1.165) is 0 Å². The van der Waals surface area contributed by atoms with E-state index in [9.17, 15) is 4.55 Å². The van der Waals surface area contributed by atoms with Crippen molar-refractivity contribution in [1.29, 1.82) is 5.26 Å². The van der Waals surface area contributed by atoms with Crippen LogP contribution in [-0.2, 0) is 17.8 Å². The standard InChI is InChI=1S/C14H11NO2S/c15-9-12-5-1-2-7-14(12)18(17)13-6-3-4-11(8-13)10-16/h1-8,16H,10H2. The van der Waals surface area contributed by atoms with Gasteiger partial charge in [0.25, 0.3) is 0 Å². The number of nitrogens with zero attached hydrogens (tertiary/aromatic N) is 1. The third-order valence-electron chi connectivity index (χ3n) is 2.50. The predicted octanol–water partition coefficient (Wildman–Crippen LogP) is 2.22. The minimum absolute atomic E-state index is 0.0923. The minimum atomic E-state index is -1.40. The molecule has 0 aliphatic carbocycles. The molecule has 18 heavy (non-hydrogen) atoms. The smallest absolute Gasteiger partial charge is 0.176 e. The van der Waals surface area contributed by atoms with Gasteiger partial charge in [0.05, 0.1) is 6.61 Å². The predicted molar refractivity (Wildman–Crippen MR) is 68.2 cm³/mol. The number of rotatable bonds is 3. The van der Waals surface area contributed by atoms with Gasteiger partial charge in [-0.15, -0.1) is 0 Å². The second kappa shape index (κ2) is 5.69. The molecule has 2 rings (SSSR count). The number of aliphatic hydroxyl groups excluding tert-OH is 1. The number of aliphatic hydroxyl groups is 1. The molecule has 90 valence electrons. The molecule has 0 saturated carbocycles. The molecule has 0 bridgehead atoms. The Morgan fingerprint density at radius 2 is 1.94 bits per heavy atom. The van der Waals surface area contributed by atoms with Gasteiger partial charge in [0.1, 0.15) is 11.6 Å². The molecule has 2 aromatic carbocycles. The zero-order chi connectivity index (χ0) is 13.0. The SMILES string of the molecule is N#Cc1ccccc1[S+]([O-])c1cccc(CO)c1. The maximum Gasteiger partial charge on any atom is 0.176 e. The van der Waals surface area contributed by atoms with Crippen molar-refractivity contribution in [2.75, 3.05) is 0 Å². The third-order valence-corrected chi connectivity index (χ3v) is 3.94. The summed E-state index contributed by atoms with van der Waals surface area (Å²) in [6, 6.07) is 15.8. The first-order chi connectivity index (χ1) is 8.76. The molecule has 4 heteroatoms. The molecule has 0 aliphatic heterocycles.